The molecule has 102 valence electrons. The van der Waals surface area contributed by atoms with Gasteiger partial charge in [-0.25, -0.2) is 4.39 Å². The van der Waals surface area contributed by atoms with Gasteiger partial charge in [0.15, 0.2) is 11.5 Å². The van der Waals surface area contributed by atoms with Crippen molar-refractivity contribution in [3.63, 3.8) is 0 Å². The van der Waals surface area contributed by atoms with Gasteiger partial charge in [0.05, 0.1) is 7.11 Å². The van der Waals surface area contributed by atoms with Gasteiger partial charge in [-0.1, -0.05) is 13.0 Å². The number of ether oxygens (including phenoxy) is 2. The number of hydrogen-bond donors (Lipinski definition) is 0. The van der Waals surface area contributed by atoms with Crippen LogP contribution in [0, 0.1) is 5.92 Å². The number of methoxy groups -OCH3 is 1. The molecule has 4 rings (SSSR count). The van der Waals surface area contributed by atoms with Crippen LogP contribution in [0.4, 0.5) is 4.39 Å². The molecule has 3 heteroatoms. The van der Waals surface area contributed by atoms with Crippen LogP contribution in [0.1, 0.15) is 37.3 Å². The summed E-state index contributed by atoms with van der Waals surface area (Å²) in [5.41, 5.74) is 2.40. The van der Waals surface area contributed by atoms with Crippen molar-refractivity contribution in [2.45, 2.75) is 50.3 Å². The summed E-state index contributed by atoms with van der Waals surface area (Å²) in [4.78, 5) is 0. The molecule has 1 aliphatic heterocycles. The molecule has 2 nitrogen and oxygen atoms in total. The third-order valence-electron chi connectivity index (χ3n) is 5.53. The molecule has 0 spiro atoms. The summed E-state index contributed by atoms with van der Waals surface area (Å²) in [5.74, 6) is 2.11. The van der Waals surface area contributed by atoms with Crippen LogP contribution in [-0.4, -0.2) is 19.4 Å². The van der Waals surface area contributed by atoms with Gasteiger partial charge in [0.2, 0.25) is 0 Å². The number of rotatable bonds is 1. The highest BCUT2D eigenvalue weighted by molar-refractivity contribution is 5.59. The maximum Gasteiger partial charge on any atom is 0.165 e. The van der Waals surface area contributed by atoms with Crippen molar-refractivity contribution in [2.75, 3.05) is 7.11 Å². The number of halogens is 1. The zero-order valence-corrected chi connectivity index (χ0v) is 11.4. The average molecular weight is 262 g/mol. The van der Waals surface area contributed by atoms with E-state index in [4.69, 9.17) is 9.47 Å². The van der Waals surface area contributed by atoms with E-state index in [0.29, 0.717) is 12.3 Å². The molecule has 3 aliphatic rings. The molecule has 2 unspecified atom stereocenters. The van der Waals surface area contributed by atoms with E-state index in [1.807, 2.05) is 6.07 Å². The van der Waals surface area contributed by atoms with Crippen molar-refractivity contribution < 1.29 is 13.9 Å². The Balaban J connectivity index is 1.97. The van der Waals surface area contributed by atoms with E-state index in [9.17, 15) is 4.39 Å². The van der Waals surface area contributed by atoms with E-state index in [0.717, 1.165) is 30.8 Å². The summed E-state index contributed by atoms with van der Waals surface area (Å²) in [6, 6.07) is 4.09. The van der Waals surface area contributed by atoms with E-state index in [1.54, 1.807) is 7.11 Å². The summed E-state index contributed by atoms with van der Waals surface area (Å²) >= 11 is 0. The Morgan fingerprint density at radius 2 is 2.16 bits per heavy atom. The molecule has 0 saturated heterocycles. The lowest BCUT2D eigenvalue weighted by molar-refractivity contribution is -0.00927. The number of hydrogen-bond acceptors (Lipinski definition) is 2. The minimum Gasteiger partial charge on any atom is -0.493 e. The molecule has 0 radical (unpaired) electrons. The SMILES string of the molecule is COc1ccc2c3c1O[C@@H]1C(F)CCC(CC2)[C@]31C. The molecule has 0 aromatic heterocycles. The van der Waals surface area contributed by atoms with E-state index in [2.05, 4.69) is 13.0 Å². The lowest BCUT2D eigenvalue weighted by Crippen LogP contribution is -2.52. The largest absolute Gasteiger partial charge is 0.493 e. The second kappa shape index (κ2) is 3.65. The predicted octanol–water partition coefficient (Wildman–Crippen LogP) is 3.41. The summed E-state index contributed by atoms with van der Waals surface area (Å²) in [6.07, 6.45) is 2.67. The highest BCUT2D eigenvalue weighted by Crippen LogP contribution is 2.60. The zero-order valence-electron chi connectivity index (χ0n) is 11.4. The Morgan fingerprint density at radius 1 is 1.32 bits per heavy atom. The molecule has 0 bridgehead atoms. The molecule has 1 aromatic rings. The van der Waals surface area contributed by atoms with Crippen LogP contribution >= 0.6 is 0 Å². The summed E-state index contributed by atoms with van der Waals surface area (Å²) in [5, 5.41) is 0. The fourth-order valence-electron chi connectivity index (χ4n) is 4.54. The Bertz CT molecular complexity index is 542. The minimum atomic E-state index is -0.857. The summed E-state index contributed by atoms with van der Waals surface area (Å²) in [6.45, 7) is 2.20. The zero-order chi connectivity index (χ0) is 13.2. The molecular formula is C16H19FO2. The normalized spacial score (nSPS) is 38.6. The first-order chi connectivity index (χ1) is 9.16. The second-order valence-corrected chi connectivity index (χ2v) is 6.28. The predicted molar refractivity (Wildman–Crippen MR) is 70.7 cm³/mol. The molecule has 19 heavy (non-hydrogen) atoms. The smallest absolute Gasteiger partial charge is 0.165 e. The van der Waals surface area contributed by atoms with Crippen LogP contribution < -0.4 is 9.47 Å². The molecule has 1 heterocycles. The molecule has 1 fully saturated rings. The Morgan fingerprint density at radius 3 is 2.95 bits per heavy atom. The van der Waals surface area contributed by atoms with E-state index in [-0.39, 0.29) is 11.5 Å². The van der Waals surface area contributed by atoms with Crippen molar-refractivity contribution in [2.24, 2.45) is 5.92 Å². The summed E-state index contributed by atoms with van der Waals surface area (Å²) < 4.78 is 25.8. The van der Waals surface area contributed by atoms with Gasteiger partial charge in [0.1, 0.15) is 12.3 Å². The van der Waals surface area contributed by atoms with Gasteiger partial charge in [-0.15, -0.1) is 0 Å². The Kier molecular flexibility index (Phi) is 2.22. The summed E-state index contributed by atoms with van der Waals surface area (Å²) in [7, 11) is 1.65. The van der Waals surface area contributed by atoms with Gasteiger partial charge >= 0.3 is 0 Å². The first-order valence-electron chi connectivity index (χ1n) is 7.17. The third kappa shape index (κ3) is 1.26. The Hall–Kier alpha value is -1.25. The highest BCUT2D eigenvalue weighted by atomic mass is 19.1. The van der Waals surface area contributed by atoms with Gasteiger partial charge in [-0.05, 0) is 43.2 Å². The molecular weight excluding hydrogens is 243 g/mol. The maximum absolute atomic E-state index is 14.3. The fraction of sp³-hybridized carbons (Fsp3) is 0.625. The van der Waals surface area contributed by atoms with Crippen LogP contribution in [0.2, 0.25) is 0 Å². The minimum absolute atomic E-state index is 0.158. The second-order valence-electron chi connectivity index (χ2n) is 6.28. The lowest BCUT2D eigenvalue weighted by Gasteiger charge is -2.46. The molecule has 2 aliphatic carbocycles. The van der Waals surface area contributed by atoms with E-state index < -0.39 is 6.17 Å². The molecule has 0 amide bonds. The van der Waals surface area contributed by atoms with E-state index in [1.165, 1.54) is 11.1 Å². The van der Waals surface area contributed by atoms with Crippen LogP contribution in [0.5, 0.6) is 11.5 Å². The molecule has 4 atom stereocenters. The fourth-order valence-corrected chi connectivity index (χ4v) is 4.54. The molecule has 0 N–H and O–H groups in total. The Labute approximate surface area is 112 Å². The van der Waals surface area contributed by atoms with Crippen molar-refractivity contribution in [1.82, 2.24) is 0 Å². The first kappa shape index (κ1) is 11.6. The van der Waals surface area contributed by atoms with Gasteiger partial charge < -0.3 is 9.47 Å². The van der Waals surface area contributed by atoms with Crippen LogP contribution in [0.15, 0.2) is 12.1 Å². The maximum atomic E-state index is 14.3. The quantitative estimate of drug-likeness (QED) is 0.772. The van der Waals surface area contributed by atoms with Gasteiger partial charge in [-0.2, -0.15) is 0 Å². The van der Waals surface area contributed by atoms with Crippen LogP contribution in [0.25, 0.3) is 0 Å². The number of benzene rings is 1. The van der Waals surface area contributed by atoms with E-state index >= 15 is 0 Å². The number of alkyl halides is 1. The number of aryl methyl sites for hydroxylation is 1. The van der Waals surface area contributed by atoms with Gasteiger partial charge in [-0.3, -0.25) is 0 Å². The van der Waals surface area contributed by atoms with Crippen molar-refractivity contribution >= 4 is 0 Å². The third-order valence-corrected chi connectivity index (χ3v) is 5.53. The molecule has 1 saturated carbocycles. The topological polar surface area (TPSA) is 18.5 Å². The van der Waals surface area contributed by atoms with Crippen molar-refractivity contribution in [1.29, 1.82) is 0 Å². The van der Waals surface area contributed by atoms with Crippen LogP contribution in [0.3, 0.4) is 0 Å². The van der Waals surface area contributed by atoms with Gasteiger partial charge in [0, 0.05) is 11.0 Å². The molecule has 1 aromatic carbocycles. The standard InChI is InChI=1S/C16H19FO2/c1-16-10-5-3-9-4-8-12(18-2)14(13(9)16)19-15(16)11(17)7-6-10/h4,8,10-11,15H,3,5-7H2,1-2H3/t10?,11?,15-,16-/m1/s1. The lowest BCUT2D eigenvalue weighted by atomic mass is 9.57. The average Bonchev–Trinajstić information content (AvgIpc) is 2.74. The van der Waals surface area contributed by atoms with Crippen molar-refractivity contribution in [3.8, 4) is 11.5 Å². The first-order valence-corrected chi connectivity index (χ1v) is 7.17. The monoisotopic (exact) mass is 262 g/mol. The van der Waals surface area contributed by atoms with Crippen LogP contribution in [-0.2, 0) is 11.8 Å². The van der Waals surface area contributed by atoms with Gasteiger partial charge in [0.25, 0.3) is 0 Å². The van der Waals surface area contributed by atoms with Crippen molar-refractivity contribution in [3.05, 3.63) is 23.3 Å². The highest BCUT2D eigenvalue weighted by Gasteiger charge is 2.59.